The van der Waals surface area contributed by atoms with E-state index in [0.717, 1.165) is 45.3 Å². The van der Waals surface area contributed by atoms with Crippen molar-refractivity contribution < 1.29 is 13.7 Å². The van der Waals surface area contributed by atoms with Gasteiger partial charge in [0.25, 0.3) is 0 Å². The van der Waals surface area contributed by atoms with Crippen molar-refractivity contribution in [2.75, 3.05) is 6.54 Å². The topological polar surface area (TPSA) is 59.5 Å². The van der Waals surface area contributed by atoms with Crippen LogP contribution in [-0.4, -0.2) is 22.5 Å². The molecule has 5 heteroatoms. The number of amides is 1. The predicted octanol–water partition coefficient (Wildman–Crippen LogP) is 3.47. The summed E-state index contributed by atoms with van der Waals surface area (Å²) in [6, 6.07) is 2.16. The lowest BCUT2D eigenvalue weighted by Crippen LogP contribution is -2.36. The Kier molecular flexibility index (Phi) is 3.44. The fourth-order valence-electron chi connectivity index (χ4n) is 3.54. The minimum Gasteiger partial charge on any atom is -0.464 e. The summed E-state index contributed by atoms with van der Waals surface area (Å²) in [5, 5.41) is 5.05. The second-order valence-corrected chi connectivity index (χ2v) is 6.63. The van der Waals surface area contributed by atoms with E-state index in [-0.39, 0.29) is 5.91 Å². The monoisotopic (exact) mass is 324 g/mol. The number of hydrogen-bond acceptors (Lipinski definition) is 4. The first-order valence-corrected chi connectivity index (χ1v) is 8.21. The first-order chi connectivity index (χ1) is 11.5. The Morgan fingerprint density at radius 1 is 1.25 bits per heavy atom. The lowest BCUT2D eigenvalue weighted by molar-refractivity contribution is -0.131. The van der Waals surface area contributed by atoms with Crippen LogP contribution in [-0.2, 0) is 24.2 Å². The van der Waals surface area contributed by atoms with Crippen LogP contribution in [0.3, 0.4) is 0 Å². The number of fused-ring (bicyclic) bond motifs is 2. The van der Waals surface area contributed by atoms with Crippen molar-refractivity contribution in [3.05, 3.63) is 52.1 Å². The lowest BCUT2D eigenvalue weighted by Gasteiger charge is -2.25. The molecule has 3 heterocycles. The van der Waals surface area contributed by atoms with E-state index in [1.807, 2.05) is 4.90 Å². The van der Waals surface area contributed by atoms with Crippen LogP contribution in [0.2, 0.25) is 0 Å². The third-order valence-corrected chi connectivity index (χ3v) is 5.03. The molecule has 0 saturated heterocycles. The molecule has 124 valence electrons. The highest BCUT2D eigenvalue weighted by molar-refractivity contribution is 5.92. The minimum atomic E-state index is 0.113. The zero-order chi connectivity index (χ0) is 16.8. The summed E-state index contributed by atoms with van der Waals surface area (Å²) in [7, 11) is 0. The smallest absolute Gasteiger partial charge is 0.227 e. The van der Waals surface area contributed by atoms with E-state index in [9.17, 15) is 4.79 Å². The zero-order valence-corrected chi connectivity index (χ0v) is 14.2. The van der Waals surface area contributed by atoms with Crippen molar-refractivity contribution in [2.45, 2.75) is 40.2 Å². The van der Waals surface area contributed by atoms with Gasteiger partial charge in [-0.15, -0.1) is 0 Å². The highest BCUT2D eigenvalue weighted by Gasteiger charge is 2.24. The summed E-state index contributed by atoms with van der Waals surface area (Å²) in [4.78, 5) is 14.6. The summed E-state index contributed by atoms with van der Waals surface area (Å²) in [6.07, 6.45) is 4.48. The molecule has 0 spiro atoms. The van der Waals surface area contributed by atoms with Gasteiger partial charge in [0.1, 0.15) is 11.8 Å². The van der Waals surface area contributed by atoms with Gasteiger partial charge in [-0.05, 0) is 37.5 Å². The first-order valence-electron chi connectivity index (χ1n) is 8.21. The van der Waals surface area contributed by atoms with Gasteiger partial charge in [0.05, 0.1) is 24.9 Å². The van der Waals surface area contributed by atoms with Crippen molar-refractivity contribution in [3.8, 4) is 0 Å². The molecule has 1 aromatic carbocycles. The van der Waals surface area contributed by atoms with Crippen LogP contribution in [0, 0.1) is 20.8 Å². The van der Waals surface area contributed by atoms with Gasteiger partial charge in [0, 0.05) is 29.5 Å². The van der Waals surface area contributed by atoms with Gasteiger partial charge in [-0.3, -0.25) is 4.79 Å². The SMILES string of the molecule is Cc1cc(C)c2c(CC(=O)N3CCc4nocc4C3)coc2c1C. The molecular formula is C19H20N2O3. The quantitative estimate of drug-likeness (QED) is 0.724. The van der Waals surface area contributed by atoms with Crippen LogP contribution < -0.4 is 0 Å². The zero-order valence-electron chi connectivity index (χ0n) is 14.2. The second kappa shape index (κ2) is 5.51. The third kappa shape index (κ3) is 2.31. The van der Waals surface area contributed by atoms with E-state index in [1.54, 1.807) is 12.5 Å². The maximum atomic E-state index is 12.7. The Morgan fingerprint density at radius 3 is 2.92 bits per heavy atom. The average Bonchev–Trinajstić information content (AvgIpc) is 3.18. The molecule has 1 aliphatic rings. The molecule has 4 rings (SSSR count). The van der Waals surface area contributed by atoms with Gasteiger partial charge in [-0.1, -0.05) is 11.2 Å². The number of nitrogens with zero attached hydrogens (tertiary/aromatic N) is 2. The van der Waals surface area contributed by atoms with E-state index >= 15 is 0 Å². The van der Waals surface area contributed by atoms with Crippen LogP contribution in [0.25, 0.3) is 11.0 Å². The largest absolute Gasteiger partial charge is 0.464 e. The van der Waals surface area contributed by atoms with Crippen molar-refractivity contribution in [1.82, 2.24) is 10.1 Å². The molecule has 2 aromatic heterocycles. The highest BCUT2D eigenvalue weighted by atomic mass is 16.5. The van der Waals surface area contributed by atoms with Gasteiger partial charge in [0.15, 0.2) is 0 Å². The molecule has 0 N–H and O–H groups in total. The molecule has 1 amide bonds. The van der Waals surface area contributed by atoms with Crippen molar-refractivity contribution >= 4 is 16.9 Å². The molecule has 0 fully saturated rings. The van der Waals surface area contributed by atoms with Crippen molar-refractivity contribution in [3.63, 3.8) is 0 Å². The molecular weight excluding hydrogens is 304 g/mol. The molecule has 0 unspecified atom stereocenters. The number of aromatic nitrogens is 1. The third-order valence-electron chi connectivity index (χ3n) is 5.03. The van der Waals surface area contributed by atoms with Crippen LogP contribution in [0.5, 0.6) is 0 Å². The fraction of sp³-hybridized carbons (Fsp3) is 0.368. The van der Waals surface area contributed by atoms with E-state index < -0.39 is 0 Å². The second-order valence-electron chi connectivity index (χ2n) is 6.63. The molecule has 0 atom stereocenters. The Balaban J connectivity index is 1.61. The van der Waals surface area contributed by atoms with E-state index in [1.165, 1.54) is 5.56 Å². The number of furan rings is 1. The molecule has 24 heavy (non-hydrogen) atoms. The number of benzene rings is 1. The van der Waals surface area contributed by atoms with Gasteiger partial charge in [-0.25, -0.2) is 0 Å². The number of carbonyl (C=O) groups is 1. The maximum Gasteiger partial charge on any atom is 0.227 e. The molecule has 0 saturated carbocycles. The Morgan fingerprint density at radius 2 is 2.08 bits per heavy atom. The molecule has 0 radical (unpaired) electrons. The Hall–Kier alpha value is -2.56. The lowest BCUT2D eigenvalue weighted by atomic mass is 9.98. The molecule has 1 aliphatic heterocycles. The summed E-state index contributed by atoms with van der Waals surface area (Å²) < 4.78 is 10.8. The van der Waals surface area contributed by atoms with Crippen LogP contribution in [0.4, 0.5) is 0 Å². The molecule has 3 aromatic rings. The van der Waals surface area contributed by atoms with E-state index in [4.69, 9.17) is 8.94 Å². The van der Waals surface area contributed by atoms with Gasteiger partial charge < -0.3 is 13.8 Å². The normalized spacial score (nSPS) is 14.2. The summed E-state index contributed by atoms with van der Waals surface area (Å²) >= 11 is 0. The highest BCUT2D eigenvalue weighted by Crippen LogP contribution is 2.30. The van der Waals surface area contributed by atoms with Crippen LogP contribution in [0.15, 0.2) is 27.5 Å². The van der Waals surface area contributed by atoms with Gasteiger partial charge >= 0.3 is 0 Å². The fourth-order valence-corrected chi connectivity index (χ4v) is 3.54. The summed E-state index contributed by atoms with van der Waals surface area (Å²) in [6.45, 7) is 7.47. The Bertz CT molecular complexity index is 936. The standard InChI is InChI=1S/C19H20N2O3/c1-11-6-12(2)18-14(9-23-19(18)13(11)3)7-17(22)21-5-4-16-15(8-21)10-24-20-16/h6,9-10H,4-5,7-8H2,1-3H3. The summed E-state index contributed by atoms with van der Waals surface area (Å²) in [5.41, 5.74) is 7.35. The Labute approximate surface area is 140 Å². The van der Waals surface area contributed by atoms with Gasteiger partial charge in [0.2, 0.25) is 5.91 Å². The van der Waals surface area contributed by atoms with Gasteiger partial charge in [-0.2, -0.15) is 0 Å². The number of aryl methyl sites for hydroxylation is 3. The molecule has 0 bridgehead atoms. The van der Waals surface area contributed by atoms with Crippen LogP contribution >= 0.6 is 0 Å². The van der Waals surface area contributed by atoms with Crippen LogP contribution in [0.1, 0.15) is 33.5 Å². The minimum absolute atomic E-state index is 0.113. The van der Waals surface area contributed by atoms with E-state index in [0.29, 0.717) is 19.5 Å². The maximum absolute atomic E-state index is 12.7. The average molecular weight is 324 g/mol. The number of carbonyl (C=O) groups excluding carboxylic acids is 1. The number of rotatable bonds is 2. The predicted molar refractivity (Wildman–Crippen MR) is 89.8 cm³/mol. The van der Waals surface area contributed by atoms with E-state index in [2.05, 4.69) is 32.0 Å². The molecule has 5 nitrogen and oxygen atoms in total. The molecule has 0 aliphatic carbocycles. The number of hydrogen-bond donors (Lipinski definition) is 0. The van der Waals surface area contributed by atoms with Crippen molar-refractivity contribution in [1.29, 1.82) is 0 Å². The first kappa shape index (κ1) is 15.0. The summed E-state index contributed by atoms with van der Waals surface area (Å²) in [5.74, 6) is 0.113. The van der Waals surface area contributed by atoms with Crippen molar-refractivity contribution in [2.24, 2.45) is 0 Å².